The fourth-order valence-corrected chi connectivity index (χ4v) is 4.93. The molecule has 0 radical (unpaired) electrons. The lowest BCUT2D eigenvalue weighted by Gasteiger charge is -2.32. The standard InChI is InChI=1S/C17H17FN2O3S2/c1-11-10-20(12(2)21)16-8-7-15(9-17(16)24-11)25(22,23)19-14-5-3-13(18)4-6-14/h3-9,11,19H,10H2,1-2H3. The van der Waals surface area contributed by atoms with Crippen LogP contribution in [0.15, 0.2) is 52.3 Å². The van der Waals surface area contributed by atoms with Crippen LogP contribution >= 0.6 is 11.8 Å². The van der Waals surface area contributed by atoms with E-state index in [9.17, 15) is 17.6 Å². The quantitative estimate of drug-likeness (QED) is 0.885. The van der Waals surface area contributed by atoms with Crippen LogP contribution in [0.3, 0.4) is 0 Å². The number of hydrogen-bond acceptors (Lipinski definition) is 4. The highest BCUT2D eigenvalue weighted by Gasteiger charge is 2.27. The fraction of sp³-hybridized carbons (Fsp3) is 0.235. The number of sulfonamides is 1. The van der Waals surface area contributed by atoms with Gasteiger partial charge >= 0.3 is 0 Å². The summed E-state index contributed by atoms with van der Waals surface area (Å²) in [5.74, 6) is -0.514. The molecule has 0 aromatic heterocycles. The number of halogens is 1. The first kappa shape index (κ1) is 17.8. The first-order valence-corrected chi connectivity index (χ1v) is 10.00. The molecule has 1 unspecified atom stereocenters. The molecular weight excluding hydrogens is 363 g/mol. The van der Waals surface area contributed by atoms with E-state index in [2.05, 4.69) is 4.72 Å². The summed E-state index contributed by atoms with van der Waals surface area (Å²) in [4.78, 5) is 14.3. The molecular formula is C17H17FN2O3S2. The van der Waals surface area contributed by atoms with Crippen molar-refractivity contribution in [2.24, 2.45) is 0 Å². The van der Waals surface area contributed by atoms with Gasteiger partial charge in [0, 0.05) is 29.3 Å². The lowest BCUT2D eigenvalue weighted by molar-refractivity contribution is -0.116. The van der Waals surface area contributed by atoms with Crippen molar-refractivity contribution in [3.8, 4) is 0 Å². The smallest absolute Gasteiger partial charge is 0.261 e. The molecule has 0 saturated heterocycles. The van der Waals surface area contributed by atoms with Crippen molar-refractivity contribution in [2.75, 3.05) is 16.2 Å². The molecule has 132 valence electrons. The van der Waals surface area contributed by atoms with Crippen LogP contribution in [0.1, 0.15) is 13.8 Å². The zero-order chi connectivity index (χ0) is 18.2. The van der Waals surface area contributed by atoms with Crippen LogP contribution in [0.4, 0.5) is 15.8 Å². The summed E-state index contributed by atoms with van der Waals surface area (Å²) in [5.41, 5.74) is 1.00. The molecule has 1 heterocycles. The highest BCUT2D eigenvalue weighted by Crippen LogP contribution is 2.39. The van der Waals surface area contributed by atoms with Crippen LogP contribution in [-0.4, -0.2) is 26.1 Å². The maximum Gasteiger partial charge on any atom is 0.261 e. The van der Waals surface area contributed by atoms with Crippen molar-refractivity contribution >= 4 is 39.1 Å². The van der Waals surface area contributed by atoms with E-state index in [0.717, 1.165) is 10.6 Å². The van der Waals surface area contributed by atoms with Gasteiger partial charge in [-0.15, -0.1) is 11.8 Å². The average Bonchev–Trinajstić information content (AvgIpc) is 2.55. The Morgan fingerprint density at radius 2 is 1.92 bits per heavy atom. The van der Waals surface area contributed by atoms with Crippen molar-refractivity contribution in [1.82, 2.24) is 0 Å². The number of anilines is 2. The third-order valence-electron chi connectivity index (χ3n) is 3.78. The van der Waals surface area contributed by atoms with Crippen LogP contribution in [0, 0.1) is 5.82 Å². The summed E-state index contributed by atoms with van der Waals surface area (Å²) in [7, 11) is -3.80. The molecule has 1 amide bonds. The molecule has 1 N–H and O–H groups in total. The van der Waals surface area contributed by atoms with E-state index >= 15 is 0 Å². The number of thioether (sulfide) groups is 1. The van der Waals surface area contributed by atoms with E-state index in [0.29, 0.717) is 6.54 Å². The number of benzene rings is 2. The number of carbonyl (C=O) groups excluding carboxylic acids is 1. The molecule has 5 nitrogen and oxygen atoms in total. The lowest BCUT2D eigenvalue weighted by Crippen LogP contribution is -2.37. The molecule has 1 atom stereocenters. The van der Waals surface area contributed by atoms with Gasteiger partial charge in [0.2, 0.25) is 5.91 Å². The first-order valence-electron chi connectivity index (χ1n) is 7.63. The highest BCUT2D eigenvalue weighted by atomic mass is 32.2. The number of nitrogens with zero attached hydrogens (tertiary/aromatic N) is 1. The molecule has 0 bridgehead atoms. The predicted octanol–water partition coefficient (Wildman–Crippen LogP) is 3.47. The van der Waals surface area contributed by atoms with Gasteiger partial charge in [-0.05, 0) is 42.5 Å². The molecule has 0 saturated carbocycles. The molecule has 8 heteroatoms. The van der Waals surface area contributed by atoms with Gasteiger partial charge in [-0.1, -0.05) is 6.92 Å². The molecule has 0 fully saturated rings. The van der Waals surface area contributed by atoms with Crippen molar-refractivity contribution < 1.29 is 17.6 Å². The van der Waals surface area contributed by atoms with E-state index in [1.807, 2.05) is 6.92 Å². The molecule has 2 aromatic carbocycles. The van der Waals surface area contributed by atoms with Gasteiger partial charge in [0.05, 0.1) is 10.6 Å². The van der Waals surface area contributed by atoms with E-state index in [-0.39, 0.29) is 21.7 Å². The van der Waals surface area contributed by atoms with Crippen LogP contribution in [0.5, 0.6) is 0 Å². The minimum atomic E-state index is -3.80. The van der Waals surface area contributed by atoms with Crippen LogP contribution in [0.2, 0.25) is 0 Å². The van der Waals surface area contributed by atoms with Gasteiger partial charge in [0.1, 0.15) is 5.82 Å². The Balaban J connectivity index is 1.94. The van der Waals surface area contributed by atoms with Crippen molar-refractivity contribution in [2.45, 2.75) is 28.9 Å². The molecule has 1 aliphatic heterocycles. The summed E-state index contributed by atoms with van der Waals surface area (Å²) in [6, 6.07) is 9.78. The molecule has 3 rings (SSSR count). The Bertz CT molecular complexity index is 914. The molecule has 25 heavy (non-hydrogen) atoms. The van der Waals surface area contributed by atoms with E-state index in [1.165, 1.54) is 49.0 Å². The minimum absolute atomic E-state index is 0.0755. The second-order valence-electron chi connectivity index (χ2n) is 5.80. The van der Waals surface area contributed by atoms with Gasteiger partial charge in [-0.25, -0.2) is 12.8 Å². The van der Waals surface area contributed by atoms with Gasteiger partial charge in [0.25, 0.3) is 10.0 Å². The van der Waals surface area contributed by atoms with E-state index in [4.69, 9.17) is 0 Å². The number of hydrogen-bond donors (Lipinski definition) is 1. The summed E-state index contributed by atoms with van der Waals surface area (Å²) >= 11 is 1.54. The zero-order valence-corrected chi connectivity index (χ0v) is 15.3. The van der Waals surface area contributed by atoms with Gasteiger partial charge in [-0.2, -0.15) is 0 Å². The minimum Gasteiger partial charge on any atom is -0.310 e. The zero-order valence-electron chi connectivity index (χ0n) is 13.7. The Labute approximate surface area is 150 Å². The number of carbonyl (C=O) groups is 1. The number of nitrogens with one attached hydrogen (secondary N) is 1. The monoisotopic (exact) mass is 380 g/mol. The third-order valence-corrected chi connectivity index (χ3v) is 6.29. The van der Waals surface area contributed by atoms with E-state index < -0.39 is 15.8 Å². The molecule has 0 aliphatic carbocycles. The summed E-state index contributed by atoms with van der Waals surface area (Å²) in [5, 5.41) is 0.166. The fourth-order valence-electron chi connectivity index (χ4n) is 2.62. The normalized spacial score (nSPS) is 17.1. The summed E-state index contributed by atoms with van der Waals surface area (Å²) in [6.45, 7) is 4.07. The lowest BCUT2D eigenvalue weighted by atomic mass is 10.2. The van der Waals surface area contributed by atoms with Crippen molar-refractivity contribution in [3.05, 3.63) is 48.3 Å². The third kappa shape index (κ3) is 3.80. The summed E-state index contributed by atoms with van der Waals surface area (Å²) in [6.07, 6.45) is 0. The van der Waals surface area contributed by atoms with Gasteiger partial charge < -0.3 is 4.90 Å². The Morgan fingerprint density at radius 1 is 1.24 bits per heavy atom. The number of rotatable bonds is 3. The Morgan fingerprint density at radius 3 is 2.56 bits per heavy atom. The van der Waals surface area contributed by atoms with Crippen molar-refractivity contribution in [1.29, 1.82) is 0 Å². The van der Waals surface area contributed by atoms with E-state index in [1.54, 1.807) is 17.0 Å². The van der Waals surface area contributed by atoms with Crippen LogP contribution in [0.25, 0.3) is 0 Å². The van der Waals surface area contributed by atoms with Crippen LogP contribution < -0.4 is 9.62 Å². The SMILES string of the molecule is CC(=O)N1CC(C)Sc2cc(S(=O)(=O)Nc3ccc(F)cc3)ccc21. The maximum absolute atomic E-state index is 13.0. The Hall–Kier alpha value is -2.06. The highest BCUT2D eigenvalue weighted by molar-refractivity contribution is 8.00. The maximum atomic E-state index is 13.0. The first-order chi connectivity index (χ1) is 11.8. The van der Waals surface area contributed by atoms with Crippen molar-refractivity contribution in [3.63, 3.8) is 0 Å². The second kappa shape index (κ2) is 6.68. The summed E-state index contributed by atoms with van der Waals surface area (Å²) < 4.78 is 40.5. The molecule has 0 spiro atoms. The van der Waals surface area contributed by atoms with Gasteiger partial charge in [-0.3, -0.25) is 9.52 Å². The average molecular weight is 380 g/mol. The molecule has 2 aromatic rings. The molecule has 1 aliphatic rings. The predicted molar refractivity (Wildman–Crippen MR) is 97.0 cm³/mol. The van der Waals surface area contributed by atoms with Gasteiger partial charge in [0.15, 0.2) is 0 Å². The number of fused-ring (bicyclic) bond motifs is 1. The van der Waals surface area contributed by atoms with Crippen LogP contribution in [-0.2, 0) is 14.8 Å². The number of amides is 1. The second-order valence-corrected chi connectivity index (χ2v) is 8.96. The Kier molecular flexibility index (Phi) is 4.75. The topological polar surface area (TPSA) is 66.5 Å². The largest absolute Gasteiger partial charge is 0.310 e.